The first-order valence-corrected chi connectivity index (χ1v) is 8.18. The Bertz CT molecular complexity index is 857. The molecule has 1 saturated heterocycles. The number of β-lactam (4-membered cyclic amide) rings is 1. The Morgan fingerprint density at radius 2 is 2.04 bits per heavy atom. The topological polar surface area (TPSA) is 98.1 Å². The van der Waals surface area contributed by atoms with Gasteiger partial charge in [0.25, 0.3) is 0 Å². The minimum absolute atomic E-state index is 0.000763. The molecule has 2 N–H and O–H groups in total. The second kappa shape index (κ2) is 5.16. The number of hydrogen-bond donors (Lipinski definition) is 2. The summed E-state index contributed by atoms with van der Waals surface area (Å²) in [6, 6.07) is 5.13. The van der Waals surface area contributed by atoms with Crippen LogP contribution in [-0.4, -0.2) is 52.1 Å². The van der Waals surface area contributed by atoms with Crippen molar-refractivity contribution in [3.8, 4) is 0 Å². The fourth-order valence-electron chi connectivity index (χ4n) is 4.18. The van der Waals surface area contributed by atoms with Gasteiger partial charge in [0.2, 0.25) is 11.8 Å². The van der Waals surface area contributed by atoms with Gasteiger partial charge in [-0.25, -0.2) is 4.79 Å². The van der Waals surface area contributed by atoms with Crippen molar-refractivity contribution < 1.29 is 24.6 Å². The first-order chi connectivity index (χ1) is 11.8. The molecule has 130 valence electrons. The van der Waals surface area contributed by atoms with Crippen LogP contribution < -0.4 is 4.90 Å². The normalized spacial score (nSPS) is 25.9. The Morgan fingerprint density at radius 1 is 1.32 bits per heavy atom. The third-order valence-corrected chi connectivity index (χ3v) is 5.44. The Kier molecular flexibility index (Phi) is 3.27. The number of nitrogens with zero attached hydrogens (tertiary/aromatic N) is 2. The van der Waals surface area contributed by atoms with Crippen LogP contribution in [0.1, 0.15) is 24.5 Å². The smallest absolute Gasteiger partial charge is 0.352 e. The lowest BCUT2D eigenvalue weighted by Gasteiger charge is -2.44. The number of anilines is 1. The van der Waals surface area contributed by atoms with E-state index in [1.54, 1.807) is 24.9 Å². The van der Waals surface area contributed by atoms with Gasteiger partial charge in [0.15, 0.2) is 0 Å². The molecular weight excluding hydrogens is 324 g/mol. The van der Waals surface area contributed by atoms with Crippen molar-refractivity contribution in [2.75, 3.05) is 11.9 Å². The summed E-state index contributed by atoms with van der Waals surface area (Å²) in [7, 11) is 1.71. The molecule has 0 aliphatic carbocycles. The number of aliphatic hydroxyl groups is 1. The zero-order chi connectivity index (χ0) is 18.0. The van der Waals surface area contributed by atoms with Crippen molar-refractivity contribution >= 4 is 29.0 Å². The van der Waals surface area contributed by atoms with E-state index in [1.807, 2.05) is 12.1 Å². The number of hydrogen-bond acceptors (Lipinski definition) is 4. The van der Waals surface area contributed by atoms with Gasteiger partial charge in [-0.15, -0.1) is 0 Å². The van der Waals surface area contributed by atoms with Crippen LogP contribution in [0.3, 0.4) is 0 Å². The summed E-state index contributed by atoms with van der Waals surface area (Å²) >= 11 is 0. The van der Waals surface area contributed by atoms with Crippen LogP contribution in [0.5, 0.6) is 0 Å². The molecule has 0 spiro atoms. The van der Waals surface area contributed by atoms with Gasteiger partial charge >= 0.3 is 5.97 Å². The lowest BCUT2D eigenvalue weighted by molar-refractivity contribution is -0.161. The van der Waals surface area contributed by atoms with Crippen LogP contribution >= 0.6 is 0 Å². The summed E-state index contributed by atoms with van der Waals surface area (Å²) in [6.45, 7) is 1.55. The van der Waals surface area contributed by atoms with Gasteiger partial charge < -0.3 is 20.0 Å². The molecule has 1 aromatic carbocycles. The van der Waals surface area contributed by atoms with Crippen LogP contribution in [-0.2, 0) is 20.8 Å². The van der Waals surface area contributed by atoms with Crippen LogP contribution in [0.2, 0.25) is 0 Å². The van der Waals surface area contributed by atoms with E-state index in [9.17, 15) is 24.6 Å². The zero-order valence-electron chi connectivity index (χ0n) is 13.9. The zero-order valence-corrected chi connectivity index (χ0v) is 13.9. The summed E-state index contributed by atoms with van der Waals surface area (Å²) in [5.74, 6) is -2.06. The highest BCUT2D eigenvalue weighted by Crippen LogP contribution is 2.47. The molecule has 0 unspecified atom stereocenters. The fourth-order valence-corrected chi connectivity index (χ4v) is 4.18. The van der Waals surface area contributed by atoms with Gasteiger partial charge in [-0.05, 0) is 42.2 Å². The number of amides is 2. The summed E-state index contributed by atoms with van der Waals surface area (Å²) < 4.78 is 0. The van der Waals surface area contributed by atoms with Gasteiger partial charge in [0, 0.05) is 12.7 Å². The maximum Gasteiger partial charge on any atom is 0.352 e. The lowest BCUT2D eigenvalue weighted by atomic mass is 9.82. The number of fused-ring (bicyclic) bond motifs is 2. The van der Waals surface area contributed by atoms with Crippen molar-refractivity contribution in [3.63, 3.8) is 0 Å². The van der Waals surface area contributed by atoms with Crippen molar-refractivity contribution in [2.24, 2.45) is 5.92 Å². The molecule has 0 saturated carbocycles. The van der Waals surface area contributed by atoms with Gasteiger partial charge in [-0.1, -0.05) is 6.07 Å². The predicted molar refractivity (Wildman–Crippen MR) is 88.5 cm³/mol. The van der Waals surface area contributed by atoms with E-state index >= 15 is 0 Å². The Balaban J connectivity index is 1.76. The predicted octanol–water partition coefficient (Wildman–Crippen LogP) is 0.613. The molecule has 3 atom stereocenters. The number of rotatable bonds is 3. The van der Waals surface area contributed by atoms with E-state index in [0.29, 0.717) is 17.6 Å². The molecular formula is C18H18N2O5. The molecule has 1 fully saturated rings. The number of carbonyl (C=O) groups excluding carboxylic acids is 2. The summed E-state index contributed by atoms with van der Waals surface area (Å²) in [6.07, 6.45) is -0.127. The van der Waals surface area contributed by atoms with Crippen molar-refractivity contribution in [1.82, 2.24) is 4.90 Å². The maximum atomic E-state index is 12.3. The first kappa shape index (κ1) is 15.8. The first-order valence-electron chi connectivity index (χ1n) is 8.18. The van der Waals surface area contributed by atoms with Crippen molar-refractivity contribution in [2.45, 2.75) is 31.9 Å². The van der Waals surface area contributed by atoms with Crippen LogP contribution in [0, 0.1) is 5.92 Å². The van der Waals surface area contributed by atoms with Gasteiger partial charge in [-0.2, -0.15) is 0 Å². The number of carbonyl (C=O) groups is 3. The lowest BCUT2D eigenvalue weighted by Crippen LogP contribution is -2.61. The number of carboxylic acids is 1. The number of aliphatic hydroxyl groups excluding tert-OH is 1. The van der Waals surface area contributed by atoms with Crippen molar-refractivity contribution in [1.29, 1.82) is 0 Å². The molecule has 3 aliphatic rings. The third-order valence-electron chi connectivity index (χ3n) is 5.44. The average molecular weight is 342 g/mol. The van der Waals surface area contributed by atoms with Gasteiger partial charge in [-0.3, -0.25) is 9.59 Å². The minimum atomic E-state index is -1.15. The van der Waals surface area contributed by atoms with Crippen LogP contribution in [0.4, 0.5) is 5.69 Å². The molecule has 25 heavy (non-hydrogen) atoms. The number of benzene rings is 1. The quantitative estimate of drug-likeness (QED) is 0.785. The van der Waals surface area contributed by atoms with E-state index in [0.717, 1.165) is 11.3 Å². The number of likely N-dealkylation sites (N-methyl/N-ethyl adjacent to an activating group) is 1. The van der Waals surface area contributed by atoms with E-state index < -0.39 is 18.0 Å². The monoisotopic (exact) mass is 342 g/mol. The molecule has 2 amide bonds. The largest absolute Gasteiger partial charge is 0.477 e. The van der Waals surface area contributed by atoms with Crippen LogP contribution in [0.15, 0.2) is 23.9 Å². The Morgan fingerprint density at radius 3 is 2.68 bits per heavy atom. The second-order valence-electron chi connectivity index (χ2n) is 6.85. The number of carboxylic acid groups (broad SMARTS) is 1. The van der Waals surface area contributed by atoms with Gasteiger partial charge in [0.05, 0.1) is 24.5 Å². The standard InChI is InChI=1S/C18H18N2O5/c1-8(21)15-13-7-11(16(18(24)25)20(13)17(15)23)9-3-4-12-10(5-9)6-14(22)19(12)2/h3-5,8,13,15,21H,6-7H2,1-2H3,(H,24,25)/t8-,13-,15-/m1/s1. The molecule has 7 nitrogen and oxygen atoms in total. The highest BCUT2D eigenvalue weighted by Gasteiger charge is 2.56. The molecule has 1 aromatic rings. The Labute approximate surface area is 144 Å². The van der Waals surface area contributed by atoms with E-state index in [4.69, 9.17) is 0 Å². The van der Waals surface area contributed by atoms with E-state index in [-0.39, 0.29) is 30.0 Å². The molecule has 4 rings (SSSR count). The maximum absolute atomic E-state index is 12.3. The minimum Gasteiger partial charge on any atom is -0.477 e. The Hall–Kier alpha value is -2.67. The van der Waals surface area contributed by atoms with E-state index in [1.165, 1.54) is 4.90 Å². The van der Waals surface area contributed by atoms with Gasteiger partial charge in [0.1, 0.15) is 5.70 Å². The highest BCUT2D eigenvalue weighted by molar-refractivity contribution is 6.07. The number of aliphatic carboxylic acids is 1. The fraction of sp³-hybridized carbons (Fsp3) is 0.389. The molecule has 3 heterocycles. The summed E-state index contributed by atoms with van der Waals surface area (Å²) in [5, 5.41) is 19.4. The molecule has 0 bridgehead atoms. The molecule has 0 radical (unpaired) electrons. The summed E-state index contributed by atoms with van der Waals surface area (Å²) in [4.78, 5) is 38.8. The second-order valence-corrected chi connectivity index (χ2v) is 6.85. The average Bonchev–Trinajstić information content (AvgIpc) is 3.02. The molecule has 3 aliphatic heterocycles. The molecule has 0 aromatic heterocycles. The molecule has 7 heteroatoms. The van der Waals surface area contributed by atoms with Crippen LogP contribution in [0.25, 0.3) is 5.57 Å². The summed E-state index contributed by atoms with van der Waals surface area (Å²) in [5.41, 5.74) is 2.97. The van der Waals surface area contributed by atoms with E-state index in [2.05, 4.69) is 0 Å². The third kappa shape index (κ3) is 2.05. The highest BCUT2D eigenvalue weighted by atomic mass is 16.4. The SMILES string of the molecule is C[C@@H](O)[C@H]1C(=O)N2C(C(=O)O)=C(c3ccc4c(c3)CC(=O)N4C)C[C@H]12. The van der Waals surface area contributed by atoms with Crippen molar-refractivity contribution in [3.05, 3.63) is 35.0 Å².